The second-order valence-corrected chi connectivity index (χ2v) is 6.69. The highest BCUT2D eigenvalue weighted by atomic mass is 35.5. The molecule has 2 aromatic rings. The lowest BCUT2D eigenvalue weighted by Gasteiger charge is -2.16. The van der Waals surface area contributed by atoms with Crippen molar-refractivity contribution >= 4 is 28.4 Å². The molecule has 1 fully saturated rings. The number of halogens is 5. The number of benzene rings is 2. The van der Waals surface area contributed by atoms with Gasteiger partial charge in [-0.1, -0.05) is 17.7 Å². The summed E-state index contributed by atoms with van der Waals surface area (Å²) < 4.78 is 46.2. The molecular weight excluding hydrogens is 392 g/mol. The molecule has 1 saturated carbocycles. The van der Waals surface area contributed by atoms with Gasteiger partial charge in [0.05, 0.1) is 10.6 Å². The highest BCUT2D eigenvalue weighted by Gasteiger charge is 2.31. The van der Waals surface area contributed by atoms with Gasteiger partial charge in [-0.2, -0.15) is 0 Å². The smallest absolute Gasteiger partial charge is 0.455 e. The van der Waals surface area contributed by atoms with Crippen LogP contribution in [0, 0.1) is 6.92 Å². The van der Waals surface area contributed by atoms with Crippen LogP contribution in [-0.4, -0.2) is 11.6 Å². The average Bonchev–Trinajstić information content (AvgIpc) is 3.33. The van der Waals surface area contributed by atoms with E-state index in [0.717, 1.165) is 36.1 Å². The van der Waals surface area contributed by atoms with Crippen LogP contribution in [0.2, 0.25) is 5.02 Å². The van der Waals surface area contributed by atoms with E-state index in [1.807, 2.05) is 6.07 Å². The molecule has 0 atom stereocenters. The van der Waals surface area contributed by atoms with Crippen LogP contribution in [-0.2, 0) is 0 Å². The lowest BCUT2D eigenvalue weighted by Crippen LogP contribution is -2.17. The number of hydrogen-bond donors (Lipinski definition) is 0. The van der Waals surface area contributed by atoms with Gasteiger partial charge in [-0.15, -0.1) is 13.2 Å². The predicted molar refractivity (Wildman–Crippen MR) is 91.5 cm³/mol. The van der Waals surface area contributed by atoms with E-state index in [-0.39, 0.29) is 22.1 Å². The lowest BCUT2D eigenvalue weighted by molar-refractivity contribution is -0.274. The van der Waals surface area contributed by atoms with E-state index < -0.39 is 17.4 Å². The molecule has 3 rings (SSSR count). The molecule has 1 aliphatic carbocycles. The second kappa shape index (κ2) is 7.00. The molecule has 138 valence electrons. The number of carbonyl (C=O) groups excluding carboxylic acids is 1. The molecule has 0 bridgehead atoms. The molecule has 26 heavy (non-hydrogen) atoms. The fourth-order valence-corrected chi connectivity index (χ4v) is 3.19. The Labute approximate surface area is 157 Å². The fourth-order valence-electron chi connectivity index (χ4n) is 2.75. The first kappa shape index (κ1) is 18.9. The van der Waals surface area contributed by atoms with Gasteiger partial charge in [0.15, 0.2) is 0 Å². The van der Waals surface area contributed by atoms with Crippen LogP contribution in [0.5, 0.6) is 17.2 Å². The van der Waals surface area contributed by atoms with Crippen molar-refractivity contribution in [2.75, 3.05) is 0 Å². The van der Waals surface area contributed by atoms with Crippen LogP contribution in [0.4, 0.5) is 13.2 Å². The normalized spacial score (nSPS) is 14.2. The van der Waals surface area contributed by atoms with E-state index in [9.17, 15) is 18.0 Å². The van der Waals surface area contributed by atoms with Gasteiger partial charge in [0.25, 0.3) is 5.24 Å². The summed E-state index contributed by atoms with van der Waals surface area (Å²) in [6.45, 7) is 1.79. The molecule has 0 unspecified atom stereocenters. The largest absolute Gasteiger partial charge is 0.573 e. The van der Waals surface area contributed by atoms with Gasteiger partial charge in [0.2, 0.25) is 0 Å². The molecule has 8 heteroatoms. The summed E-state index contributed by atoms with van der Waals surface area (Å²) in [5, 5.41) is -0.767. The van der Waals surface area contributed by atoms with Crippen LogP contribution in [0.25, 0.3) is 0 Å². The van der Waals surface area contributed by atoms with Crippen molar-refractivity contribution in [2.45, 2.75) is 32.0 Å². The second-order valence-electron chi connectivity index (χ2n) is 5.94. The highest BCUT2D eigenvalue weighted by Crippen LogP contribution is 2.45. The first-order chi connectivity index (χ1) is 12.2. The molecule has 0 saturated heterocycles. The number of rotatable bonds is 5. The number of alkyl halides is 3. The van der Waals surface area contributed by atoms with Crippen molar-refractivity contribution in [3.05, 3.63) is 52.0 Å². The monoisotopic (exact) mass is 404 g/mol. The van der Waals surface area contributed by atoms with Crippen molar-refractivity contribution in [2.24, 2.45) is 0 Å². The van der Waals surface area contributed by atoms with E-state index >= 15 is 0 Å². The maximum Gasteiger partial charge on any atom is 0.573 e. The number of hydrogen-bond acceptors (Lipinski definition) is 3. The zero-order valence-electron chi connectivity index (χ0n) is 13.5. The van der Waals surface area contributed by atoms with Crippen LogP contribution in [0.3, 0.4) is 0 Å². The summed E-state index contributed by atoms with van der Waals surface area (Å²) in [5.41, 5.74) is 2.00. The molecule has 2 aromatic carbocycles. The summed E-state index contributed by atoms with van der Waals surface area (Å²) in [4.78, 5) is 11.9. The molecule has 0 aromatic heterocycles. The van der Waals surface area contributed by atoms with E-state index in [1.54, 1.807) is 13.0 Å². The van der Waals surface area contributed by atoms with Crippen LogP contribution < -0.4 is 9.47 Å². The Morgan fingerprint density at radius 1 is 1.15 bits per heavy atom. The Hall–Kier alpha value is -1.92. The molecule has 0 N–H and O–H groups in total. The number of ether oxygens (including phenoxy) is 2. The Morgan fingerprint density at radius 3 is 2.35 bits per heavy atom. The van der Waals surface area contributed by atoms with Crippen LogP contribution in [0.15, 0.2) is 30.3 Å². The summed E-state index contributed by atoms with van der Waals surface area (Å²) in [6, 6.07) is 6.77. The third kappa shape index (κ3) is 4.24. The van der Waals surface area contributed by atoms with Gasteiger partial charge in [0.1, 0.15) is 17.2 Å². The summed E-state index contributed by atoms with van der Waals surface area (Å²) in [6.07, 6.45) is -2.70. The molecule has 0 spiro atoms. The van der Waals surface area contributed by atoms with Crippen LogP contribution in [0.1, 0.15) is 40.2 Å². The van der Waals surface area contributed by atoms with E-state index in [4.69, 9.17) is 27.9 Å². The minimum Gasteiger partial charge on any atom is -0.455 e. The zero-order chi connectivity index (χ0) is 19.1. The van der Waals surface area contributed by atoms with Gasteiger partial charge >= 0.3 is 6.36 Å². The van der Waals surface area contributed by atoms with Gasteiger partial charge < -0.3 is 9.47 Å². The van der Waals surface area contributed by atoms with Crippen molar-refractivity contribution in [1.29, 1.82) is 0 Å². The summed E-state index contributed by atoms with van der Waals surface area (Å²) in [7, 11) is 0. The molecule has 0 radical (unpaired) electrons. The Bertz CT molecular complexity index is 861. The van der Waals surface area contributed by atoms with Gasteiger partial charge in [-0.25, -0.2) is 0 Å². The maximum absolute atomic E-state index is 12.3. The van der Waals surface area contributed by atoms with Gasteiger partial charge in [-0.3, -0.25) is 4.79 Å². The van der Waals surface area contributed by atoms with E-state index in [0.29, 0.717) is 5.92 Å². The molecule has 3 nitrogen and oxygen atoms in total. The quantitative estimate of drug-likeness (QED) is 0.526. The van der Waals surface area contributed by atoms with Crippen molar-refractivity contribution in [3.63, 3.8) is 0 Å². The van der Waals surface area contributed by atoms with Crippen LogP contribution >= 0.6 is 23.2 Å². The molecule has 0 aliphatic heterocycles. The first-order valence-corrected chi connectivity index (χ1v) is 8.48. The van der Waals surface area contributed by atoms with Gasteiger partial charge in [0, 0.05) is 6.07 Å². The fraction of sp³-hybridized carbons (Fsp3) is 0.278. The minimum atomic E-state index is -4.82. The van der Waals surface area contributed by atoms with E-state index in [1.165, 1.54) is 6.07 Å². The highest BCUT2D eigenvalue weighted by molar-refractivity contribution is 6.68. The Morgan fingerprint density at radius 2 is 1.81 bits per heavy atom. The third-order valence-electron chi connectivity index (χ3n) is 4.04. The lowest BCUT2D eigenvalue weighted by atomic mass is 9.98. The van der Waals surface area contributed by atoms with E-state index in [2.05, 4.69) is 4.74 Å². The average molecular weight is 405 g/mol. The molecular formula is C18H13Cl2F3O3. The number of carbonyl (C=O) groups is 1. The molecule has 1 aliphatic rings. The summed E-state index contributed by atoms with van der Waals surface area (Å²) >= 11 is 11.7. The van der Waals surface area contributed by atoms with Crippen molar-refractivity contribution < 1.29 is 27.4 Å². The first-order valence-electron chi connectivity index (χ1n) is 7.72. The SMILES string of the molecule is Cc1c(C2CC2)ccc(Oc2ccc(OC(F)(F)F)cc2Cl)c1C(=O)Cl. The predicted octanol–water partition coefficient (Wildman–Crippen LogP) is 6.60. The van der Waals surface area contributed by atoms with Crippen molar-refractivity contribution in [3.8, 4) is 17.2 Å². The standard InChI is InChI=1S/C18H13Cl2F3O3/c1-9-12(10-2-3-10)5-7-15(16(9)17(20)24)25-14-6-4-11(8-13(14)19)26-18(21,22)23/h4-8,10H,2-3H2,1H3. The topological polar surface area (TPSA) is 35.5 Å². The molecule has 0 heterocycles. The van der Waals surface area contributed by atoms with Gasteiger partial charge in [-0.05, 0) is 66.6 Å². The summed E-state index contributed by atoms with van der Waals surface area (Å²) in [5.74, 6) is 0.224. The Kier molecular flexibility index (Phi) is 5.08. The maximum atomic E-state index is 12.3. The Balaban J connectivity index is 1.91. The minimum absolute atomic E-state index is 0.0823. The van der Waals surface area contributed by atoms with Crippen molar-refractivity contribution in [1.82, 2.24) is 0 Å². The zero-order valence-corrected chi connectivity index (χ0v) is 15.0. The third-order valence-corrected chi connectivity index (χ3v) is 4.52. The molecule has 0 amide bonds.